The average molecular weight is 224 g/mol. The maximum Gasteiger partial charge on any atom is 0.0125 e. The largest absolute Gasteiger partial charge is 0.314 e. The second-order valence-electron chi connectivity index (χ2n) is 6.81. The predicted molar refractivity (Wildman–Crippen MR) is 69.6 cm³/mol. The van der Waals surface area contributed by atoms with E-state index in [1.165, 1.54) is 38.9 Å². The highest BCUT2D eigenvalue weighted by molar-refractivity contribution is 4.88. The van der Waals surface area contributed by atoms with Gasteiger partial charge in [0.15, 0.2) is 0 Å². The van der Waals surface area contributed by atoms with E-state index in [9.17, 15) is 0 Å². The van der Waals surface area contributed by atoms with E-state index in [4.69, 9.17) is 0 Å². The minimum Gasteiger partial charge on any atom is -0.314 e. The zero-order chi connectivity index (χ0) is 11.8. The maximum atomic E-state index is 3.76. The van der Waals surface area contributed by atoms with Gasteiger partial charge in [-0.3, -0.25) is 4.90 Å². The summed E-state index contributed by atoms with van der Waals surface area (Å²) >= 11 is 0. The van der Waals surface area contributed by atoms with E-state index >= 15 is 0 Å². The topological polar surface area (TPSA) is 15.3 Å². The van der Waals surface area contributed by atoms with Crippen molar-refractivity contribution in [2.75, 3.05) is 19.6 Å². The van der Waals surface area contributed by atoms with E-state index < -0.39 is 0 Å². The number of likely N-dealkylation sites (tertiary alicyclic amines) is 1. The van der Waals surface area contributed by atoms with Crippen LogP contribution in [0, 0.1) is 11.8 Å². The van der Waals surface area contributed by atoms with Gasteiger partial charge in [-0.1, -0.05) is 6.92 Å². The van der Waals surface area contributed by atoms with Crippen molar-refractivity contribution < 1.29 is 0 Å². The fourth-order valence-electron chi connectivity index (χ4n) is 2.76. The molecule has 1 saturated carbocycles. The Hall–Kier alpha value is -0.0800. The van der Waals surface area contributed by atoms with Gasteiger partial charge in [0.25, 0.3) is 0 Å². The zero-order valence-corrected chi connectivity index (χ0v) is 11.4. The SMILES string of the molecule is CC1CC1CNC1CCN(C(C)(C)C)CC1. The van der Waals surface area contributed by atoms with Gasteiger partial charge < -0.3 is 5.32 Å². The number of hydrogen-bond acceptors (Lipinski definition) is 2. The molecular weight excluding hydrogens is 196 g/mol. The molecule has 1 aliphatic carbocycles. The zero-order valence-electron chi connectivity index (χ0n) is 11.4. The minimum atomic E-state index is 0.357. The van der Waals surface area contributed by atoms with Crippen LogP contribution in [0.25, 0.3) is 0 Å². The van der Waals surface area contributed by atoms with Crippen molar-refractivity contribution >= 4 is 0 Å². The lowest BCUT2D eigenvalue weighted by Crippen LogP contribution is -2.50. The van der Waals surface area contributed by atoms with Crippen LogP contribution in [0.1, 0.15) is 47.0 Å². The van der Waals surface area contributed by atoms with Crippen molar-refractivity contribution in [2.24, 2.45) is 11.8 Å². The molecule has 2 unspecified atom stereocenters. The van der Waals surface area contributed by atoms with Crippen LogP contribution in [0.4, 0.5) is 0 Å². The summed E-state index contributed by atoms with van der Waals surface area (Å²) in [6, 6.07) is 0.784. The Labute approximate surface area is 101 Å². The highest BCUT2D eigenvalue weighted by atomic mass is 15.2. The molecule has 2 atom stereocenters. The van der Waals surface area contributed by atoms with Crippen LogP contribution in [0.3, 0.4) is 0 Å². The Morgan fingerprint density at radius 3 is 2.19 bits per heavy atom. The average Bonchev–Trinajstić information content (AvgIpc) is 2.91. The number of hydrogen-bond donors (Lipinski definition) is 1. The molecule has 2 nitrogen and oxygen atoms in total. The van der Waals surface area contributed by atoms with Gasteiger partial charge in [0, 0.05) is 24.7 Å². The lowest BCUT2D eigenvalue weighted by Gasteiger charge is -2.41. The van der Waals surface area contributed by atoms with Crippen LogP contribution in [0.15, 0.2) is 0 Å². The molecule has 0 aromatic rings. The molecule has 2 fully saturated rings. The molecule has 16 heavy (non-hydrogen) atoms. The number of nitrogens with zero attached hydrogens (tertiary/aromatic N) is 1. The van der Waals surface area contributed by atoms with Gasteiger partial charge >= 0.3 is 0 Å². The fourth-order valence-corrected chi connectivity index (χ4v) is 2.76. The van der Waals surface area contributed by atoms with E-state index in [0.717, 1.165) is 17.9 Å². The Kier molecular flexibility index (Phi) is 3.60. The molecule has 0 bridgehead atoms. The van der Waals surface area contributed by atoms with Crippen LogP contribution in [-0.2, 0) is 0 Å². The molecule has 0 radical (unpaired) electrons. The van der Waals surface area contributed by atoms with Crippen molar-refractivity contribution in [2.45, 2.75) is 58.5 Å². The second-order valence-corrected chi connectivity index (χ2v) is 6.81. The first-order valence-corrected chi connectivity index (χ1v) is 6.95. The van der Waals surface area contributed by atoms with Crippen LogP contribution in [0.2, 0.25) is 0 Å². The summed E-state index contributed by atoms with van der Waals surface area (Å²) in [6.07, 6.45) is 4.12. The molecule has 0 spiro atoms. The van der Waals surface area contributed by atoms with E-state index in [-0.39, 0.29) is 0 Å². The monoisotopic (exact) mass is 224 g/mol. The summed E-state index contributed by atoms with van der Waals surface area (Å²) < 4.78 is 0. The maximum absolute atomic E-state index is 3.76. The van der Waals surface area contributed by atoms with Gasteiger partial charge in [-0.25, -0.2) is 0 Å². The van der Waals surface area contributed by atoms with Gasteiger partial charge in [-0.15, -0.1) is 0 Å². The standard InChI is InChI=1S/C14H28N2/c1-11-9-12(11)10-15-13-5-7-16(8-6-13)14(2,3)4/h11-13,15H,5-10H2,1-4H3. The van der Waals surface area contributed by atoms with Crippen molar-refractivity contribution in [1.82, 2.24) is 10.2 Å². The highest BCUT2D eigenvalue weighted by Crippen LogP contribution is 2.37. The first-order valence-electron chi connectivity index (χ1n) is 6.95. The Bertz CT molecular complexity index is 223. The van der Waals surface area contributed by atoms with Crippen molar-refractivity contribution in [3.63, 3.8) is 0 Å². The molecule has 1 N–H and O–H groups in total. The highest BCUT2D eigenvalue weighted by Gasteiger charge is 2.33. The van der Waals surface area contributed by atoms with Crippen LogP contribution in [0.5, 0.6) is 0 Å². The molecule has 2 heteroatoms. The molecule has 1 aliphatic heterocycles. The summed E-state index contributed by atoms with van der Waals surface area (Å²) in [5.74, 6) is 1.97. The van der Waals surface area contributed by atoms with Gasteiger partial charge in [0.1, 0.15) is 0 Å². The smallest absolute Gasteiger partial charge is 0.0125 e. The summed E-state index contributed by atoms with van der Waals surface area (Å²) in [6.45, 7) is 13.1. The fraction of sp³-hybridized carbons (Fsp3) is 1.00. The van der Waals surface area contributed by atoms with Gasteiger partial charge in [0.05, 0.1) is 0 Å². The van der Waals surface area contributed by atoms with E-state index in [0.29, 0.717) is 5.54 Å². The van der Waals surface area contributed by atoms with Crippen molar-refractivity contribution in [3.05, 3.63) is 0 Å². The molecular formula is C14H28N2. The first-order chi connectivity index (χ1) is 7.47. The van der Waals surface area contributed by atoms with E-state index in [2.05, 4.69) is 37.9 Å². The van der Waals surface area contributed by atoms with E-state index in [1.54, 1.807) is 0 Å². The molecule has 0 aromatic heterocycles. The van der Waals surface area contributed by atoms with Crippen molar-refractivity contribution in [1.29, 1.82) is 0 Å². The Morgan fingerprint density at radius 1 is 1.19 bits per heavy atom. The van der Waals surface area contributed by atoms with Crippen LogP contribution in [-0.4, -0.2) is 36.1 Å². The number of rotatable bonds is 3. The Morgan fingerprint density at radius 2 is 1.75 bits per heavy atom. The van der Waals surface area contributed by atoms with Crippen LogP contribution < -0.4 is 5.32 Å². The lowest BCUT2D eigenvalue weighted by atomic mass is 9.98. The molecule has 0 amide bonds. The van der Waals surface area contributed by atoms with Gasteiger partial charge in [-0.2, -0.15) is 0 Å². The quantitative estimate of drug-likeness (QED) is 0.792. The third-order valence-corrected chi connectivity index (χ3v) is 4.39. The molecule has 94 valence electrons. The normalized spacial score (nSPS) is 33.0. The minimum absolute atomic E-state index is 0.357. The van der Waals surface area contributed by atoms with Gasteiger partial charge in [-0.05, 0) is 58.4 Å². The Balaban J connectivity index is 1.65. The summed E-state index contributed by atoms with van der Waals surface area (Å²) in [5.41, 5.74) is 0.357. The summed E-state index contributed by atoms with van der Waals surface area (Å²) in [4.78, 5) is 2.62. The predicted octanol–water partition coefficient (Wildman–Crippen LogP) is 2.49. The molecule has 1 saturated heterocycles. The summed E-state index contributed by atoms with van der Waals surface area (Å²) in [7, 11) is 0. The lowest BCUT2D eigenvalue weighted by molar-refractivity contribution is 0.0961. The van der Waals surface area contributed by atoms with Crippen molar-refractivity contribution in [3.8, 4) is 0 Å². The molecule has 0 aromatic carbocycles. The third kappa shape index (κ3) is 3.21. The van der Waals surface area contributed by atoms with E-state index in [1.807, 2.05) is 0 Å². The number of nitrogens with one attached hydrogen (secondary N) is 1. The molecule has 2 rings (SSSR count). The third-order valence-electron chi connectivity index (χ3n) is 4.39. The second kappa shape index (κ2) is 4.66. The number of piperidine rings is 1. The first kappa shape index (κ1) is 12.4. The molecule has 1 heterocycles. The van der Waals surface area contributed by atoms with Crippen LogP contribution >= 0.6 is 0 Å². The molecule has 2 aliphatic rings. The summed E-state index contributed by atoms with van der Waals surface area (Å²) in [5, 5.41) is 3.76. The van der Waals surface area contributed by atoms with Gasteiger partial charge in [0.2, 0.25) is 0 Å².